The molecule has 2 rings (SSSR count). The fourth-order valence-electron chi connectivity index (χ4n) is 2.18. The molecule has 4 heteroatoms. The first-order valence-electron chi connectivity index (χ1n) is 6.32. The summed E-state index contributed by atoms with van der Waals surface area (Å²) < 4.78 is 5.45. The van der Waals surface area contributed by atoms with E-state index in [9.17, 15) is 4.79 Å². The minimum atomic E-state index is -0.737. The summed E-state index contributed by atoms with van der Waals surface area (Å²) in [5, 5.41) is 12.0. The first-order chi connectivity index (χ1) is 8.65. The summed E-state index contributed by atoms with van der Waals surface area (Å²) in [6.45, 7) is 4.22. The largest absolute Gasteiger partial charge is 0.493 e. The minimum absolute atomic E-state index is 0.153. The molecular formula is C14H19NO3. The number of fused-ring (bicyclic) bond motifs is 1. The predicted octanol–water partition coefficient (Wildman–Crippen LogP) is 1.82. The van der Waals surface area contributed by atoms with Gasteiger partial charge in [0.25, 0.3) is 0 Å². The van der Waals surface area contributed by atoms with Gasteiger partial charge in [0.1, 0.15) is 5.75 Å². The molecule has 0 bridgehead atoms. The summed E-state index contributed by atoms with van der Waals surface area (Å²) in [7, 11) is 0. The second-order valence-corrected chi connectivity index (χ2v) is 4.87. The number of carbonyl (C=O) groups is 1. The Morgan fingerprint density at radius 1 is 1.56 bits per heavy atom. The van der Waals surface area contributed by atoms with Gasteiger partial charge in [0.2, 0.25) is 0 Å². The zero-order valence-electron chi connectivity index (χ0n) is 10.6. The molecule has 0 spiro atoms. The van der Waals surface area contributed by atoms with E-state index in [1.165, 1.54) is 11.1 Å². The average molecular weight is 249 g/mol. The molecule has 1 aliphatic heterocycles. The SMILES string of the molecule is CC(CNCc1ccc2c(c1)CCO2)CC(=O)O. The smallest absolute Gasteiger partial charge is 0.303 e. The highest BCUT2D eigenvalue weighted by Gasteiger charge is 2.12. The van der Waals surface area contributed by atoms with Gasteiger partial charge in [0.15, 0.2) is 0 Å². The molecule has 1 atom stereocenters. The standard InChI is InChI=1S/C14H19NO3/c1-10(6-14(16)17)8-15-9-11-2-3-13-12(7-11)4-5-18-13/h2-3,7,10,15H,4-6,8-9H2,1H3,(H,16,17). The lowest BCUT2D eigenvalue weighted by molar-refractivity contribution is -0.137. The van der Waals surface area contributed by atoms with Crippen LogP contribution in [0.25, 0.3) is 0 Å². The third-order valence-corrected chi connectivity index (χ3v) is 3.10. The highest BCUT2D eigenvalue weighted by molar-refractivity contribution is 5.66. The lowest BCUT2D eigenvalue weighted by Crippen LogP contribution is -2.22. The fourth-order valence-corrected chi connectivity index (χ4v) is 2.18. The molecular weight excluding hydrogens is 230 g/mol. The van der Waals surface area contributed by atoms with Crippen LogP contribution in [-0.2, 0) is 17.8 Å². The van der Waals surface area contributed by atoms with Gasteiger partial charge in [-0.15, -0.1) is 0 Å². The van der Waals surface area contributed by atoms with E-state index in [1.54, 1.807) is 0 Å². The van der Waals surface area contributed by atoms with Crippen molar-refractivity contribution >= 4 is 5.97 Å². The lowest BCUT2D eigenvalue weighted by atomic mass is 10.1. The van der Waals surface area contributed by atoms with E-state index >= 15 is 0 Å². The molecule has 1 aliphatic rings. The van der Waals surface area contributed by atoms with E-state index in [-0.39, 0.29) is 12.3 Å². The molecule has 1 aromatic rings. The molecule has 0 radical (unpaired) electrons. The van der Waals surface area contributed by atoms with Crippen molar-refractivity contribution in [1.29, 1.82) is 0 Å². The zero-order valence-corrected chi connectivity index (χ0v) is 10.6. The van der Waals surface area contributed by atoms with Crippen LogP contribution in [-0.4, -0.2) is 24.2 Å². The lowest BCUT2D eigenvalue weighted by Gasteiger charge is -2.10. The number of ether oxygens (including phenoxy) is 1. The number of aliphatic carboxylic acids is 1. The van der Waals surface area contributed by atoms with Crippen molar-refractivity contribution in [3.05, 3.63) is 29.3 Å². The Bertz CT molecular complexity index is 431. The molecule has 0 aromatic heterocycles. The highest BCUT2D eigenvalue weighted by Crippen LogP contribution is 2.25. The summed E-state index contributed by atoms with van der Waals surface area (Å²) in [6.07, 6.45) is 1.20. The monoisotopic (exact) mass is 249 g/mol. The molecule has 0 saturated heterocycles. The third kappa shape index (κ3) is 3.47. The van der Waals surface area contributed by atoms with Gasteiger partial charge in [-0.25, -0.2) is 0 Å². The van der Waals surface area contributed by atoms with Crippen molar-refractivity contribution in [1.82, 2.24) is 5.32 Å². The van der Waals surface area contributed by atoms with Crippen molar-refractivity contribution in [2.75, 3.05) is 13.2 Å². The molecule has 0 aliphatic carbocycles. The van der Waals surface area contributed by atoms with E-state index in [2.05, 4.69) is 17.4 Å². The van der Waals surface area contributed by atoms with Crippen LogP contribution in [0, 0.1) is 5.92 Å². The van der Waals surface area contributed by atoms with Gasteiger partial charge in [-0.3, -0.25) is 4.79 Å². The van der Waals surface area contributed by atoms with Crippen molar-refractivity contribution in [3.8, 4) is 5.75 Å². The Morgan fingerprint density at radius 2 is 2.39 bits per heavy atom. The van der Waals surface area contributed by atoms with Crippen molar-refractivity contribution in [2.45, 2.75) is 26.3 Å². The molecule has 2 N–H and O–H groups in total. The average Bonchev–Trinajstić information content (AvgIpc) is 2.75. The summed E-state index contributed by atoms with van der Waals surface area (Å²) in [5.74, 6) is 0.414. The Hall–Kier alpha value is -1.55. The van der Waals surface area contributed by atoms with Crippen LogP contribution in [0.1, 0.15) is 24.5 Å². The maximum atomic E-state index is 10.5. The van der Waals surface area contributed by atoms with Gasteiger partial charge in [0.05, 0.1) is 6.61 Å². The molecule has 1 heterocycles. The van der Waals surface area contributed by atoms with Crippen LogP contribution >= 0.6 is 0 Å². The summed E-state index contributed by atoms with van der Waals surface area (Å²) in [5.41, 5.74) is 2.50. The summed E-state index contributed by atoms with van der Waals surface area (Å²) in [4.78, 5) is 10.5. The Morgan fingerprint density at radius 3 is 3.17 bits per heavy atom. The number of carboxylic acids is 1. The second-order valence-electron chi connectivity index (χ2n) is 4.87. The molecule has 18 heavy (non-hydrogen) atoms. The van der Waals surface area contributed by atoms with Crippen molar-refractivity contribution in [2.24, 2.45) is 5.92 Å². The van der Waals surface area contributed by atoms with Gasteiger partial charge in [-0.2, -0.15) is 0 Å². The maximum absolute atomic E-state index is 10.5. The molecule has 0 saturated carbocycles. The first-order valence-corrected chi connectivity index (χ1v) is 6.32. The Kier molecular flexibility index (Phi) is 4.20. The molecule has 1 unspecified atom stereocenters. The van der Waals surface area contributed by atoms with Crippen LogP contribution in [0.15, 0.2) is 18.2 Å². The van der Waals surface area contributed by atoms with Gasteiger partial charge >= 0.3 is 5.97 Å². The van der Waals surface area contributed by atoms with Crippen LogP contribution in [0.3, 0.4) is 0 Å². The van der Waals surface area contributed by atoms with Crippen LogP contribution in [0.5, 0.6) is 5.75 Å². The molecule has 1 aromatic carbocycles. The quantitative estimate of drug-likeness (QED) is 0.807. The summed E-state index contributed by atoms with van der Waals surface area (Å²) >= 11 is 0. The number of rotatable bonds is 6. The highest BCUT2D eigenvalue weighted by atomic mass is 16.5. The topological polar surface area (TPSA) is 58.6 Å². The van der Waals surface area contributed by atoms with Gasteiger partial charge < -0.3 is 15.2 Å². The maximum Gasteiger partial charge on any atom is 0.303 e. The molecule has 0 amide bonds. The fraction of sp³-hybridized carbons (Fsp3) is 0.500. The van der Waals surface area contributed by atoms with Gasteiger partial charge in [0, 0.05) is 19.4 Å². The Balaban J connectivity index is 1.78. The number of carboxylic acid groups (broad SMARTS) is 1. The Labute approximate surface area is 107 Å². The van der Waals surface area contributed by atoms with E-state index < -0.39 is 5.97 Å². The summed E-state index contributed by atoms with van der Waals surface area (Å²) in [6, 6.07) is 6.23. The number of hydrogen-bond acceptors (Lipinski definition) is 3. The van der Waals surface area contributed by atoms with Gasteiger partial charge in [-0.05, 0) is 29.7 Å². The first kappa shape index (κ1) is 12.9. The normalized spacial score (nSPS) is 14.9. The van der Waals surface area contributed by atoms with Crippen LogP contribution in [0.4, 0.5) is 0 Å². The molecule has 4 nitrogen and oxygen atoms in total. The number of nitrogens with one attached hydrogen (secondary N) is 1. The van der Waals surface area contributed by atoms with E-state index in [4.69, 9.17) is 9.84 Å². The van der Waals surface area contributed by atoms with Crippen LogP contribution < -0.4 is 10.1 Å². The van der Waals surface area contributed by atoms with Crippen LogP contribution in [0.2, 0.25) is 0 Å². The van der Waals surface area contributed by atoms with Crippen molar-refractivity contribution in [3.63, 3.8) is 0 Å². The zero-order chi connectivity index (χ0) is 13.0. The van der Waals surface area contributed by atoms with E-state index in [0.29, 0.717) is 0 Å². The number of benzene rings is 1. The second kappa shape index (κ2) is 5.87. The van der Waals surface area contributed by atoms with Crippen molar-refractivity contribution < 1.29 is 14.6 Å². The third-order valence-electron chi connectivity index (χ3n) is 3.10. The molecule has 0 fully saturated rings. The van der Waals surface area contributed by atoms with Gasteiger partial charge in [-0.1, -0.05) is 19.1 Å². The minimum Gasteiger partial charge on any atom is -0.493 e. The molecule has 98 valence electrons. The van der Waals surface area contributed by atoms with E-state index in [1.807, 2.05) is 13.0 Å². The number of hydrogen-bond donors (Lipinski definition) is 2. The predicted molar refractivity (Wildman–Crippen MR) is 68.8 cm³/mol. The van der Waals surface area contributed by atoms with E-state index in [0.717, 1.165) is 31.9 Å².